The molecule has 0 saturated carbocycles. The van der Waals surface area contributed by atoms with Gasteiger partial charge < -0.3 is 19.1 Å². The van der Waals surface area contributed by atoms with Gasteiger partial charge in [0, 0.05) is 22.7 Å². The van der Waals surface area contributed by atoms with E-state index in [4.69, 9.17) is 16.0 Å². The van der Waals surface area contributed by atoms with Crippen LogP contribution in [0.2, 0.25) is 5.15 Å². The Kier molecular flexibility index (Phi) is 4.94. The van der Waals surface area contributed by atoms with Gasteiger partial charge in [-0.25, -0.2) is 14.2 Å². The topological polar surface area (TPSA) is 101 Å². The summed E-state index contributed by atoms with van der Waals surface area (Å²) in [5.41, 5.74) is 2.28. The number of rotatable bonds is 4. The first kappa shape index (κ1) is 22.1. The van der Waals surface area contributed by atoms with Crippen LogP contribution in [0.5, 0.6) is 0 Å². The number of nitrogens with zero attached hydrogens (tertiary/aromatic N) is 2. The number of carbonyl (C=O) groups is 1. The van der Waals surface area contributed by atoms with E-state index in [-0.39, 0.29) is 45.0 Å². The molecular weight excluding hydrogens is 485 g/mol. The molecule has 6 aromatic rings. The van der Waals surface area contributed by atoms with Crippen LogP contribution in [0, 0.1) is 12.7 Å². The lowest BCUT2D eigenvalue weighted by Gasteiger charge is -2.12. The Morgan fingerprint density at radius 2 is 2.06 bits per heavy atom. The Morgan fingerprint density at radius 3 is 2.83 bits per heavy atom. The van der Waals surface area contributed by atoms with Crippen molar-refractivity contribution < 1.29 is 18.7 Å². The normalized spacial score (nSPS) is 11.6. The lowest BCUT2D eigenvalue weighted by molar-refractivity contribution is 0.0687. The molecule has 0 spiro atoms. The summed E-state index contributed by atoms with van der Waals surface area (Å²) in [6, 6.07) is 13.4. The number of aryl methyl sites for hydroxylation is 1. The van der Waals surface area contributed by atoms with Crippen LogP contribution < -0.4 is 5.56 Å². The number of aromatic nitrogens is 3. The number of carboxylic acids is 1. The van der Waals surface area contributed by atoms with E-state index in [1.807, 2.05) is 31.2 Å². The molecule has 4 heterocycles. The Balaban J connectivity index is 1.71. The summed E-state index contributed by atoms with van der Waals surface area (Å²) < 4.78 is 22.1. The molecule has 0 radical (unpaired) electrons. The zero-order valence-corrected chi connectivity index (χ0v) is 19.6. The largest absolute Gasteiger partial charge is 0.477 e. The molecule has 0 aliphatic rings. The molecule has 0 saturated heterocycles. The molecule has 0 atom stereocenters. The molecule has 178 valence electrons. The number of hydrogen-bond donors (Lipinski definition) is 2. The van der Waals surface area contributed by atoms with Gasteiger partial charge in [-0.3, -0.25) is 4.79 Å². The van der Waals surface area contributed by atoms with Gasteiger partial charge in [0.2, 0.25) is 0 Å². The number of H-pyrrole nitrogens is 1. The van der Waals surface area contributed by atoms with Gasteiger partial charge in [-0.2, -0.15) is 0 Å². The number of furan rings is 1. The van der Waals surface area contributed by atoms with Gasteiger partial charge >= 0.3 is 5.97 Å². The molecule has 0 amide bonds. The fraction of sp³-hybridized carbons (Fsp3) is 0.0741. The Hall–Kier alpha value is -4.43. The van der Waals surface area contributed by atoms with E-state index in [0.29, 0.717) is 16.5 Å². The van der Waals surface area contributed by atoms with Crippen LogP contribution in [0.15, 0.2) is 70.2 Å². The third kappa shape index (κ3) is 3.30. The molecule has 2 aromatic carbocycles. The van der Waals surface area contributed by atoms with E-state index in [2.05, 4.69) is 9.97 Å². The average molecular weight is 502 g/mol. The van der Waals surface area contributed by atoms with Crippen molar-refractivity contribution in [1.29, 1.82) is 0 Å². The minimum absolute atomic E-state index is 0.0236. The highest BCUT2D eigenvalue weighted by Gasteiger charge is 2.29. The van der Waals surface area contributed by atoms with Crippen molar-refractivity contribution in [2.75, 3.05) is 0 Å². The smallest absolute Gasteiger partial charge is 0.353 e. The number of aromatic amines is 1. The molecule has 0 unspecified atom stereocenters. The van der Waals surface area contributed by atoms with Crippen LogP contribution in [0.25, 0.3) is 43.9 Å². The lowest BCUT2D eigenvalue weighted by Crippen LogP contribution is -2.14. The minimum atomic E-state index is -1.29. The first-order valence-corrected chi connectivity index (χ1v) is 11.4. The standard InChI is InChI=1S/C27H17ClFN3O4/c1-13-4-5-14-10-15(25(28)31-19(14)9-13)12-32-20-11-18(29)16-6-8-36-24(16)22(20)21(23(32)27(34)35)17-3-2-7-30-26(17)33/h2-11H,12H2,1H3,(H,30,33)(H,34,35). The van der Waals surface area contributed by atoms with Crippen LogP contribution in [0.1, 0.15) is 21.6 Å². The molecule has 0 aliphatic carbocycles. The third-order valence-electron chi connectivity index (χ3n) is 6.33. The summed E-state index contributed by atoms with van der Waals surface area (Å²) in [6.45, 7) is 1.93. The highest BCUT2D eigenvalue weighted by molar-refractivity contribution is 6.30. The van der Waals surface area contributed by atoms with Crippen LogP contribution in [0.4, 0.5) is 4.39 Å². The average Bonchev–Trinajstić information content (AvgIpc) is 3.44. The van der Waals surface area contributed by atoms with Crippen molar-refractivity contribution in [3.05, 3.63) is 99.1 Å². The highest BCUT2D eigenvalue weighted by Crippen LogP contribution is 2.40. The monoisotopic (exact) mass is 501 g/mol. The fourth-order valence-electron chi connectivity index (χ4n) is 4.75. The maximum absolute atomic E-state index is 15.1. The number of benzene rings is 2. The lowest BCUT2D eigenvalue weighted by atomic mass is 10.0. The highest BCUT2D eigenvalue weighted by atomic mass is 35.5. The van der Waals surface area contributed by atoms with E-state index in [1.54, 1.807) is 6.07 Å². The van der Waals surface area contributed by atoms with Gasteiger partial charge in [0.15, 0.2) is 0 Å². The maximum Gasteiger partial charge on any atom is 0.353 e. The second-order valence-electron chi connectivity index (χ2n) is 8.58. The van der Waals surface area contributed by atoms with Crippen molar-refractivity contribution in [2.45, 2.75) is 13.5 Å². The van der Waals surface area contributed by atoms with Gasteiger partial charge in [-0.05, 0) is 48.9 Å². The zero-order valence-electron chi connectivity index (χ0n) is 18.8. The van der Waals surface area contributed by atoms with Crippen LogP contribution in [-0.2, 0) is 6.54 Å². The second kappa shape index (κ2) is 8.07. The molecular formula is C27H17ClFN3O4. The number of nitrogens with one attached hydrogen (secondary N) is 1. The van der Waals surface area contributed by atoms with Crippen molar-refractivity contribution in [2.24, 2.45) is 0 Å². The van der Waals surface area contributed by atoms with Crippen molar-refractivity contribution in [3.63, 3.8) is 0 Å². The fourth-order valence-corrected chi connectivity index (χ4v) is 4.96. The van der Waals surface area contributed by atoms with Crippen LogP contribution in [0.3, 0.4) is 0 Å². The third-order valence-corrected chi connectivity index (χ3v) is 6.66. The molecule has 9 heteroatoms. The zero-order chi connectivity index (χ0) is 25.1. The first-order chi connectivity index (χ1) is 17.3. The van der Waals surface area contributed by atoms with Crippen molar-refractivity contribution in [3.8, 4) is 11.1 Å². The number of hydrogen-bond acceptors (Lipinski definition) is 4. The summed E-state index contributed by atoms with van der Waals surface area (Å²) in [6.07, 6.45) is 2.78. The van der Waals surface area contributed by atoms with Crippen LogP contribution in [-0.4, -0.2) is 25.6 Å². The predicted molar refractivity (Wildman–Crippen MR) is 135 cm³/mol. The quantitative estimate of drug-likeness (QED) is 0.283. The Morgan fingerprint density at radius 1 is 1.22 bits per heavy atom. The Labute approximate surface area is 207 Å². The summed E-state index contributed by atoms with van der Waals surface area (Å²) in [7, 11) is 0. The molecule has 4 aromatic heterocycles. The number of fused-ring (bicyclic) bond motifs is 4. The molecule has 0 fully saturated rings. The molecule has 6 rings (SSSR count). The van der Waals surface area contributed by atoms with Crippen molar-refractivity contribution >= 4 is 50.3 Å². The van der Waals surface area contributed by atoms with Gasteiger partial charge in [0.1, 0.15) is 22.2 Å². The van der Waals surface area contributed by atoms with Crippen LogP contribution >= 0.6 is 11.6 Å². The number of carboxylic acid groups (broad SMARTS) is 1. The van der Waals surface area contributed by atoms with E-state index < -0.39 is 17.3 Å². The maximum atomic E-state index is 15.1. The second-order valence-corrected chi connectivity index (χ2v) is 8.94. The summed E-state index contributed by atoms with van der Waals surface area (Å²) in [5, 5.41) is 11.9. The van der Waals surface area contributed by atoms with E-state index >= 15 is 4.39 Å². The first-order valence-electron chi connectivity index (χ1n) is 11.0. The van der Waals surface area contributed by atoms with Gasteiger partial charge in [-0.1, -0.05) is 23.7 Å². The molecule has 0 aliphatic heterocycles. The summed E-state index contributed by atoms with van der Waals surface area (Å²) >= 11 is 6.53. The number of aromatic carboxylic acids is 1. The summed E-state index contributed by atoms with van der Waals surface area (Å²) in [4.78, 5) is 32.5. The molecule has 7 nitrogen and oxygen atoms in total. The predicted octanol–water partition coefficient (Wildman–Crippen LogP) is 6.14. The minimum Gasteiger partial charge on any atom is -0.477 e. The number of pyridine rings is 2. The van der Waals surface area contributed by atoms with E-state index in [0.717, 1.165) is 10.9 Å². The van der Waals surface area contributed by atoms with Gasteiger partial charge in [0.25, 0.3) is 5.56 Å². The Bertz CT molecular complexity index is 1920. The molecule has 0 bridgehead atoms. The number of halogens is 2. The summed E-state index contributed by atoms with van der Waals surface area (Å²) in [5.74, 6) is -1.86. The SMILES string of the molecule is Cc1ccc2cc(Cn3c(C(=O)O)c(-c4ccc[nH]c4=O)c4c5occc5c(F)cc43)c(Cl)nc2c1. The van der Waals surface area contributed by atoms with E-state index in [1.165, 1.54) is 35.2 Å². The molecule has 2 N–H and O–H groups in total. The van der Waals surface area contributed by atoms with Gasteiger partial charge in [-0.15, -0.1) is 0 Å². The van der Waals surface area contributed by atoms with Crippen molar-refractivity contribution in [1.82, 2.24) is 14.5 Å². The van der Waals surface area contributed by atoms with E-state index in [9.17, 15) is 14.7 Å². The molecule has 36 heavy (non-hydrogen) atoms. The van der Waals surface area contributed by atoms with Gasteiger partial charge in [0.05, 0.1) is 40.2 Å².